The van der Waals surface area contributed by atoms with Gasteiger partial charge < -0.3 is 14.2 Å². The fraction of sp³-hybridized carbons (Fsp3) is 0.133. The highest BCUT2D eigenvalue weighted by atomic mass is 16.3. The molecule has 0 aliphatic heterocycles. The highest BCUT2D eigenvalue weighted by Crippen LogP contribution is 2.50. The molecule has 0 unspecified atom stereocenters. The summed E-state index contributed by atoms with van der Waals surface area (Å²) in [6.07, 6.45) is 20.3. The lowest BCUT2D eigenvalue weighted by atomic mass is 9.80. The maximum Gasteiger partial charge on any atom is 0.139 e. The summed E-state index contributed by atoms with van der Waals surface area (Å²) in [5.41, 5.74) is 17.9. The van der Waals surface area contributed by atoms with Gasteiger partial charge in [0, 0.05) is 56.3 Å². The summed E-state index contributed by atoms with van der Waals surface area (Å²) in [6.45, 7) is 10.8. The van der Waals surface area contributed by atoms with Crippen LogP contribution in [0.2, 0.25) is 0 Å². The van der Waals surface area contributed by atoms with Gasteiger partial charge >= 0.3 is 0 Å². The van der Waals surface area contributed by atoms with Gasteiger partial charge in [0.05, 0.1) is 6.04 Å². The first-order chi connectivity index (χ1) is 30.9. The van der Waals surface area contributed by atoms with Crippen molar-refractivity contribution < 1.29 is 4.42 Å². The number of allylic oxidation sites excluding steroid dienone is 8. The van der Waals surface area contributed by atoms with Crippen molar-refractivity contribution >= 4 is 78.4 Å². The van der Waals surface area contributed by atoms with Gasteiger partial charge in [-0.25, -0.2) is 0 Å². The Morgan fingerprint density at radius 2 is 1.37 bits per heavy atom. The first-order valence-corrected chi connectivity index (χ1v) is 22.3. The lowest BCUT2D eigenvalue weighted by Gasteiger charge is -2.32. The maximum atomic E-state index is 7.08. The highest BCUT2D eigenvalue weighted by Gasteiger charge is 2.35. The van der Waals surface area contributed by atoms with Crippen LogP contribution in [0, 0.1) is 0 Å². The van der Waals surface area contributed by atoms with Gasteiger partial charge in [-0.15, -0.1) is 0 Å². The Balaban J connectivity index is 0.993. The van der Waals surface area contributed by atoms with Crippen LogP contribution in [0.4, 0.5) is 28.4 Å². The molecule has 11 rings (SSSR count). The molecule has 63 heavy (non-hydrogen) atoms. The lowest BCUT2D eigenvalue weighted by Crippen LogP contribution is -2.29. The Morgan fingerprint density at radius 1 is 0.683 bits per heavy atom. The fourth-order valence-corrected chi connectivity index (χ4v) is 10.6. The number of fused-ring (bicyclic) bond motifs is 9. The second-order valence-electron chi connectivity index (χ2n) is 17.6. The monoisotopic (exact) mass is 814 g/mol. The molecule has 1 aromatic heterocycles. The van der Waals surface area contributed by atoms with Crippen LogP contribution in [0.5, 0.6) is 0 Å². The van der Waals surface area contributed by atoms with Crippen molar-refractivity contribution in [3.05, 3.63) is 228 Å². The predicted molar refractivity (Wildman–Crippen MR) is 269 cm³/mol. The Hall–Kier alpha value is -7.36. The van der Waals surface area contributed by atoms with E-state index < -0.39 is 0 Å². The lowest BCUT2D eigenvalue weighted by molar-refractivity contribution is 0.654. The van der Waals surface area contributed by atoms with Gasteiger partial charge in [0.2, 0.25) is 0 Å². The number of nitrogens with zero attached hydrogens (tertiary/aromatic N) is 2. The Labute approximate surface area is 370 Å². The third-order valence-electron chi connectivity index (χ3n) is 13.7. The van der Waals surface area contributed by atoms with E-state index >= 15 is 0 Å². The zero-order chi connectivity index (χ0) is 42.7. The first kappa shape index (κ1) is 38.6. The standard InChI is InChI=1S/C60H50N2O/c1-5-6-26-55-40(2)49-35-32-47(38-56(49)60(55,3)4)62(45-22-14-9-15-23-45)48-33-36-53-57(39-48)63-59-52-34-29-42(37-54(52)50-24-16-17-25-51(50)58(53)59)41-27-30-46(31-28-41)61(43-18-10-7-11-19-43)44-20-12-8-13-21-44/h5-20,22-28,30-33,35-39,44H,1,21,29,34H2,2-4H3/b26-6-/t44-/m0/s1. The van der Waals surface area contributed by atoms with E-state index in [4.69, 9.17) is 4.42 Å². The van der Waals surface area contributed by atoms with Gasteiger partial charge in [0.1, 0.15) is 11.2 Å². The Morgan fingerprint density at radius 3 is 2.11 bits per heavy atom. The van der Waals surface area contributed by atoms with E-state index in [1.54, 1.807) is 0 Å². The molecule has 7 aromatic carbocycles. The van der Waals surface area contributed by atoms with Crippen LogP contribution in [0.3, 0.4) is 0 Å². The van der Waals surface area contributed by atoms with Crippen molar-refractivity contribution in [2.45, 2.75) is 51.5 Å². The number of furan rings is 1. The van der Waals surface area contributed by atoms with Crippen molar-refractivity contribution in [2.24, 2.45) is 0 Å². The topological polar surface area (TPSA) is 19.6 Å². The molecule has 3 nitrogen and oxygen atoms in total. The molecule has 0 spiro atoms. The molecule has 0 radical (unpaired) electrons. The van der Waals surface area contributed by atoms with E-state index in [9.17, 15) is 0 Å². The van der Waals surface area contributed by atoms with Gasteiger partial charge in [0.15, 0.2) is 0 Å². The third-order valence-corrected chi connectivity index (χ3v) is 13.7. The molecule has 1 heterocycles. The number of anilines is 5. The molecular weight excluding hydrogens is 765 g/mol. The van der Waals surface area contributed by atoms with Crippen LogP contribution < -0.4 is 9.80 Å². The molecule has 3 aliphatic carbocycles. The molecule has 0 fully saturated rings. The number of para-hydroxylation sites is 2. The summed E-state index contributed by atoms with van der Waals surface area (Å²) in [5, 5.41) is 4.84. The van der Waals surface area contributed by atoms with E-state index in [1.165, 1.54) is 72.1 Å². The molecule has 0 N–H and O–H groups in total. The van der Waals surface area contributed by atoms with Crippen molar-refractivity contribution in [1.82, 2.24) is 0 Å². The first-order valence-electron chi connectivity index (χ1n) is 22.3. The molecule has 3 aliphatic rings. The van der Waals surface area contributed by atoms with E-state index in [0.717, 1.165) is 52.9 Å². The normalized spacial score (nSPS) is 16.5. The second-order valence-corrected chi connectivity index (χ2v) is 17.6. The number of hydrogen-bond acceptors (Lipinski definition) is 3. The molecular formula is C60H50N2O. The van der Waals surface area contributed by atoms with Crippen molar-refractivity contribution in [3.8, 4) is 0 Å². The van der Waals surface area contributed by atoms with Crippen LogP contribution in [-0.2, 0) is 11.8 Å². The molecule has 0 saturated carbocycles. The summed E-state index contributed by atoms with van der Waals surface area (Å²) in [6, 6.07) is 53.5. The minimum Gasteiger partial charge on any atom is -0.456 e. The molecule has 0 amide bonds. The third kappa shape index (κ3) is 6.50. The molecule has 0 saturated heterocycles. The summed E-state index contributed by atoms with van der Waals surface area (Å²) in [4.78, 5) is 4.82. The van der Waals surface area contributed by atoms with E-state index in [2.05, 4.69) is 225 Å². The van der Waals surface area contributed by atoms with Crippen LogP contribution in [0.15, 0.2) is 205 Å². The van der Waals surface area contributed by atoms with E-state index in [-0.39, 0.29) is 11.5 Å². The summed E-state index contributed by atoms with van der Waals surface area (Å²) < 4.78 is 7.08. The van der Waals surface area contributed by atoms with E-state index in [1.807, 2.05) is 6.08 Å². The SMILES string of the molecule is C=C/C=C\C1=C(C)c2ccc(N(c3ccccc3)c3ccc4c(c3)oc3c5c(c6ccccc6c34)C=C(c3ccc(N(c4ccccc4)[C@H]4C=CC=CC4)cc3)CC5)cc2C1(C)C. The van der Waals surface area contributed by atoms with Gasteiger partial charge in [-0.2, -0.15) is 0 Å². The molecule has 8 aromatic rings. The molecule has 3 heteroatoms. The van der Waals surface area contributed by atoms with Crippen molar-refractivity contribution in [1.29, 1.82) is 0 Å². The van der Waals surface area contributed by atoms with Gasteiger partial charge in [-0.1, -0.05) is 148 Å². The van der Waals surface area contributed by atoms with Gasteiger partial charge in [-0.05, 0) is 137 Å². The zero-order valence-corrected chi connectivity index (χ0v) is 36.2. The smallest absolute Gasteiger partial charge is 0.139 e. The van der Waals surface area contributed by atoms with Crippen LogP contribution in [0.25, 0.3) is 49.9 Å². The number of aryl methyl sites for hydroxylation is 1. The van der Waals surface area contributed by atoms with Crippen molar-refractivity contribution in [2.75, 3.05) is 9.80 Å². The van der Waals surface area contributed by atoms with E-state index in [0.29, 0.717) is 0 Å². The minimum absolute atomic E-state index is 0.147. The number of hydrogen-bond donors (Lipinski definition) is 0. The molecule has 306 valence electrons. The molecule has 1 atom stereocenters. The van der Waals surface area contributed by atoms with Crippen molar-refractivity contribution in [3.63, 3.8) is 0 Å². The van der Waals surface area contributed by atoms with Crippen LogP contribution in [-0.4, -0.2) is 6.04 Å². The summed E-state index contributed by atoms with van der Waals surface area (Å²) >= 11 is 0. The maximum absolute atomic E-state index is 7.08. The molecule has 0 bridgehead atoms. The quantitative estimate of drug-likeness (QED) is 0.135. The highest BCUT2D eigenvalue weighted by molar-refractivity contribution is 6.22. The average molecular weight is 815 g/mol. The second kappa shape index (κ2) is 15.5. The zero-order valence-electron chi connectivity index (χ0n) is 36.2. The predicted octanol–water partition coefficient (Wildman–Crippen LogP) is 16.5. The Kier molecular flexibility index (Phi) is 9.50. The van der Waals surface area contributed by atoms with Crippen LogP contribution in [0.1, 0.15) is 61.4 Å². The fourth-order valence-electron chi connectivity index (χ4n) is 10.6. The van der Waals surface area contributed by atoms with Crippen LogP contribution >= 0.6 is 0 Å². The summed E-state index contributed by atoms with van der Waals surface area (Å²) in [5.74, 6) is 0. The number of benzene rings is 7. The van der Waals surface area contributed by atoms with Gasteiger partial charge in [0.25, 0.3) is 0 Å². The summed E-state index contributed by atoms with van der Waals surface area (Å²) in [7, 11) is 0. The minimum atomic E-state index is -0.147. The average Bonchev–Trinajstić information content (AvgIpc) is 3.80. The Bertz CT molecular complexity index is 3250. The number of rotatable bonds is 9. The largest absolute Gasteiger partial charge is 0.456 e. The van der Waals surface area contributed by atoms with Gasteiger partial charge in [-0.3, -0.25) is 0 Å².